The first-order chi connectivity index (χ1) is 18.1. The Hall–Kier alpha value is -2.44. The molecular weight excluding hydrogens is 488 g/mol. The van der Waals surface area contributed by atoms with E-state index in [1.807, 2.05) is 31.4 Å². The van der Waals surface area contributed by atoms with Gasteiger partial charge in [-0.1, -0.05) is 17.7 Å². The summed E-state index contributed by atoms with van der Waals surface area (Å²) in [5.74, 6) is 1.56. The van der Waals surface area contributed by atoms with Crippen LogP contribution >= 0.6 is 11.6 Å². The van der Waals surface area contributed by atoms with Crippen LogP contribution in [0.4, 0.5) is 11.6 Å². The molecule has 1 saturated carbocycles. The number of rotatable bonds is 8. The molecule has 2 aliphatic heterocycles. The SMILES string of the molecule is COC1CCN(C2CCC(Nc3cc(-c4cccc(NCC5(C#N)CCOCC5)n4)c(Cl)cn3)CC2)C1. The van der Waals surface area contributed by atoms with Crippen molar-refractivity contribution in [2.75, 3.05) is 50.6 Å². The Balaban J connectivity index is 1.20. The normalized spacial score (nSPS) is 25.9. The molecule has 4 heterocycles. The maximum absolute atomic E-state index is 9.74. The van der Waals surface area contributed by atoms with Crippen LogP contribution in [0.25, 0.3) is 11.3 Å². The van der Waals surface area contributed by atoms with Gasteiger partial charge in [0.1, 0.15) is 11.6 Å². The number of halogens is 1. The molecule has 8 nitrogen and oxygen atoms in total. The number of ether oxygens (including phenoxy) is 2. The minimum atomic E-state index is -0.416. The first-order valence-electron chi connectivity index (χ1n) is 13.5. The zero-order chi connectivity index (χ0) is 25.7. The summed E-state index contributed by atoms with van der Waals surface area (Å²) in [7, 11) is 1.82. The highest BCUT2D eigenvalue weighted by atomic mass is 35.5. The zero-order valence-corrected chi connectivity index (χ0v) is 22.3. The lowest BCUT2D eigenvalue weighted by atomic mass is 9.82. The zero-order valence-electron chi connectivity index (χ0n) is 21.6. The molecule has 3 aliphatic rings. The molecule has 0 bridgehead atoms. The fraction of sp³-hybridized carbons (Fsp3) is 0.607. The number of anilines is 2. The first kappa shape index (κ1) is 26.2. The molecule has 2 aromatic heterocycles. The van der Waals surface area contributed by atoms with E-state index >= 15 is 0 Å². The van der Waals surface area contributed by atoms with E-state index in [4.69, 9.17) is 26.1 Å². The minimum absolute atomic E-state index is 0.393. The Labute approximate surface area is 224 Å². The second-order valence-corrected chi connectivity index (χ2v) is 11.0. The molecule has 9 heteroatoms. The Morgan fingerprint density at radius 1 is 1.19 bits per heavy atom. The van der Waals surface area contributed by atoms with Gasteiger partial charge in [-0.3, -0.25) is 4.90 Å². The summed E-state index contributed by atoms with van der Waals surface area (Å²) in [6.45, 7) is 4.01. The molecule has 0 spiro atoms. The van der Waals surface area contributed by atoms with Gasteiger partial charge >= 0.3 is 0 Å². The number of nitrogens with zero attached hydrogens (tertiary/aromatic N) is 4. The van der Waals surface area contributed by atoms with Crippen molar-refractivity contribution in [3.05, 3.63) is 35.5 Å². The lowest BCUT2D eigenvalue weighted by Gasteiger charge is -2.35. The Kier molecular flexibility index (Phi) is 8.46. The van der Waals surface area contributed by atoms with E-state index < -0.39 is 5.41 Å². The van der Waals surface area contributed by atoms with Gasteiger partial charge in [-0.15, -0.1) is 0 Å². The van der Waals surface area contributed by atoms with E-state index in [1.54, 1.807) is 6.20 Å². The standard InChI is InChI=1S/C28H37ClN6O2/c1-36-22-9-12-35(17-22)21-7-5-20(6-8-21)33-27-15-23(24(29)16-31-27)25-3-2-4-26(34-25)32-19-28(18-30)10-13-37-14-11-28/h2-4,15-16,20-22H,5-14,17,19H2,1H3,(H,31,33)(H,32,34). The van der Waals surface area contributed by atoms with Crippen LogP contribution in [-0.2, 0) is 9.47 Å². The van der Waals surface area contributed by atoms with Crippen LogP contribution in [0.1, 0.15) is 44.9 Å². The molecule has 2 saturated heterocycles. The Bertz CT molecular complexity index is 1090. The number of likely N-dealkylation sites (tertiary alicyclic amines) is 1. The van der Waals surface area contributed by atoms with Crippen molar-refractivity contribution >= 4 is 23.2 Å². The van der Waals surface area contributed by atoms with E-state index in [-0.39, 0.29) is 0 Å². The summed E-state index contributed by atoms with van der Waals surface area (Å²) in [5.41, 5.74) is 1.21. The predicted octanol–water partition coefficient (Wildman–Crippen LogP) is 4.97. The maximum Gasteiger partial charge on any atom is 0.126 e. The van der Waals surface area contributed by atoms with Crippen molar-refractivity contribution in [3.8, 4) is 17.3 Å². The van der Waals surface area contributed by atoms with Gasteiger partial charge in [0.25, 0.3) is 0 Å². The average Bonchev–Trinajstić information content (AvgIpc) is 3.44. The van der Waals surface area contributed by atoms with Crippen molar-refractivity contribution in [3.63, 3.8) is 0 Å². The smallest absolute Gasteiger partial charge is 0.126 e. The fourth-order valence-electron chi connectivity index (χ4n) is 5.82. The predicted molar refractivity (Wildman–Crippen MR) is 146 cm³/mol. The second kappa shape index (κ2) is 12.0. The van der Waals surface area contributed by atoms with Crippen LogP contribution in [0.2, 0.25) is 5.02 Å². The van der Waals surface area contributed by atoms with Crippen molar-refractivity contribution in [2.45, 2.75) is 63.1 Å². The summed E-state index contributed by atoms with van der Waals surface area (Å²) in [6, 6.07) is 11.4. The molecule has 3 fully saturated rings. The summed E-state index contributed by atoms with van der Waals surface area (Å²) >= 11 is 6.56. The van der Waals surface area contributed by atoms with Gasteiger partial charge in [0.05, 0.1) is 28.3 Å². The van der Waals surface area contributed by atoms with Crippen LogP contribution in [0.5, 0.6) is 0 Å². The van der Waals surface area contributed by atoms with E-state index in [2.05, 4.69) is 26.6 Å². The molecule has 37 heavy (non-hydrogen) atoms. The number of hydrogen-bond acceptors (Lipinski definition) is 8. The number of hydrogen-bond donors (Lipinski definition) is 2. The van der Waals surface area contributed by atoms with Crippen molar-refractivity contribution < 1.29 is 9.47 Å². The summed E-state index contributed by atoms with van der Waals surface area (Å²) in [4.78, 5) is 12.0. The first-order valence-corrected chi connectivity index (χ1v) is 13.8. The monoisotopic (exact) mass is 524 g/mol. The third-order valence-electron chi connectivity index (χ3n) is 8.25. The van der Waals surface area contributed by atoms with E-state index in [0.29, 0.717) is 43.0 Å². The summed E-state index contributed by atoms with van der Waals surface area (Å²) in [6.07, 6.45) is 9.34. The van der Waals surface area contributed by atoms with Gasteiger partial charge in [-0.05, 0) is 63.1 Å². The van der Waals surface area contributed by atoms with Gasteiger partial charge in [0.2, 0.25) is 0 Å². The quantitative estimate of drug-likeness (QED) is 0.499. The van der Waals surface area contributed by atoms with Crippen molar-refractivity contribution in [1.29, 1.82) is 5.26 Å². The molecule has 0 amide bonds. The third-order valence-corrected chi connectivity index (χ3v) is 8.55. The van der Waals surface area contributed by atoms with Gasteiger partial charge in [-0.2, -0.15) is 5.26 Å². The van der Waals surface area contributed by atoms with Crippen LogP contribution < -0.4 is 10.6 Å². The molecule has 1 aliphatic carbocycles. The number of pyridine rings is 2. The molecule has 1 unspecified atom stereocenters. The van der Waals surface area contributed by atoms with Crippen LogP contribution in [0.15, 0.2) is 30.5 Å². The Morgan fingerprint density at radius 3 is 2.73 bits per heavy atom. The number of nitriles is 1. The maximum atomic E-state index is 9.74. The summed E-state index contributed by atoms with van der Waals surface area (Å²) in [5, 5.41) is 17.3. The van der Waals surface area contributed by atoms with E-state index in [1.165, 1.54) is 12.8 Å². The Morgan fingerprint density at radius 2 is 2.00 bits per heavy atom. The molecule has 2 N–H and O–H groups in total. The highest BCUT2D eigenvalue weighted by Gasteiger charge is 2.33. The highest BCUT2D eigenvalue weighted by Crippen LogP contribution is 2.33. The molecule has 198 valence electrons. The molecular formula is C28H37ClN6O2. The van der Waals surface area contributed by atoms with Crippen molar-refractivity contribution in [1.82, 2.24) is 14.9 Å². The molecule has 2 aromatic rings. The lowest BCUT2D eigenvalue weighted by molar-refractivity contribution is 0.0455. The number of nitrogens with one attached hydrogen (secondary N) is 2. The third kappa shape index (κ3) is 6.35. The van der Waals surface area contributed by atoms with E-state index in [0.717, 1.165) is 68.1 Å². The lowest BCUT2D eigenvalue weighted by Crippen LogP contribution is -2.39. The topological polar surface area (TPSA) is 95.3 Å². The number of methoxy groups -OCH3 is 1. The fourth-order valence-corrected chi connectivity index (χ4v) is 6.02. The van der Waals surface area contributed by atoms with Gasteiger partial charge in [0, 0.05) is 63.8 Å². The van der Waals surface area contributed by atoms with Gasteiger partial charge < -0.3 is 20.1 Å². The highest BCUT2D eigenvalue weighted by molar-refractivity contribution is 6.33. The molecule has 1 atom stereocenters. The molecule has 5 rings (SSSR count). The summed E-state index contributed by atoms with van der Waals surface area (Å²) < 4.78 is 11.0. The van der Waals surface area contributed by atoms with Crippen LogP contribution in [-0.4, -0.2) is 73.0 Å². The number of aromatic nitrogens is 2. The largest absolute Gasteiger partial charge is 0.381 e. The molecule has 0 radical (unpaired) electrons. The average molecular weight is 525 g/mol. The molecule has 0 aromatic carbocycles. The van der Waals surface area contributed by atoms with Gasteiger partial charge in [-0.25, -0.2) is 9.97 Å². The van der Waals surface area contributed by atoms with Crippen molar-refractivity contribution in [2.24, 2.45) is 5.41 Å². The second-order valence-electron chi connectivity index (χ2n) is 10.6. The van der Waals surface area contributed by atoms with E-state index in [9.17, 15) is 5.26 Å². The minimum Gasteiger partial charge on any atom is -0.381 e. The van der Waals surface area contributed by atoms with Crippen LogP contribution in [0, 0.1) is 16.7 Å². The van der Waals surface area contributed by atoms with Crippen LogP contribution in [0.3, 0.4) is 0 Å². The van der Waals surface area contributed by atoms with Gasteiger partial charge in [0.15, 0.2) is 0 Å².